The highest BCUT2D eigenvalue weighted by atomic mass is 32.2. The Morgan fingerprint density at radius 1 is 1.50 bits per heavy atom. The van der Waals surface area contributed by atoms with Crippen LogP contribution in [0.1, 0.15) is 21.5 Å². The predicted molar refractivity (Wildman–Crippen MR) is 57.9 cm³/mol. The van der Waals surface area contributed by atoms with Crippen LogP contribution in [0.25, 0.3) is 0 Å². The lowest BCUT2D eigenvalue weighted by molar-refractivity contribution is -0.0328. The number of rotatable bonds is 3. The number of benzene rings is 1. The molecular weight excluding hydrogens is 269 g/mol. The molecule has 0 atom stereocenters. The molecule has 1 aromatic rings. The Morgan fingerprint density at radius 3 is 2.50 bits per heavy atom. The molecule has 96 valence electrons. The fourth-order valence-electron chi connectivity index (χ4n) is 1.28. The molecule has 0 unspecified atom stereocenters. The van der Waals surface area contributed by atoms with Crippen LogP contribution in [-0.2, 0) is 6.54 Å². The first-order valence-electron chi connectivity index (χ1n) is 4.54. The van der Waals surface area contributed by atoms with Crippen molar-refractivity contribution in [3.05, 3.63) is 28.8 Å². The number of hydrogen-bond acceptors (Lipinski definition) is 4. The number of nitrogens with zero attached hydrogens (tertiary/aromatic N) is 1. The summed E-state index contributed by atoms with van der Waals surface area (Å²) in [6.07, 6.45) is 0. The standard InChI is InChI=1S/C10H7F3N2O2S/c11-10(12,13)18-8-6(3-14)1-5(9(16)17)2-7(8)4-15/h1-2H,3,14H2,(H,16,17). The number of hydrogen-bond donors (Lipinski definition) is 2. The van der Waals surface area contributed by atoms with E-state index in [9.17, 15) is 18.0 Å². The van der Waals surface area contributed by atoms with Crippen molar-refractivity contribution in [3.8, 4) is 6.07 Å². The Balaban J connectivity index is 3.41. The maximum atomic E-state index is 12.3. The van der Waals surface area contributed by atoms with E-state index in [0.717, 1.165) is 12.1 Å². The first-order chi connectivity index (χ1) is 8.28. The van der Waals surface area contributed by atoms with Gasteiger partial charge in [0.1, 0.15) is 6.07 Å². The maximum Gasteiger partial charge on any atom is 0.446 e. The molecule has 0 radical (unpaired) electrons. The molecule has 1 aromatic carbocycles. The summed E-state index contributed by atoms with van der Waals surface area (Å²) in [5.41, 5.74) is 0.0756. The third kappa shape index (κ3) is 3.38. The fraction of sp³-hybridized carbons (Fsp3) is 0.200. The van der Waals surface area contributed by atoms with Crippen molar-refractivity contribution < 1.29 is 23.1 Å². The van der Waals surface area contributed by atoms with Gasteiger partial charge in [-0.2, -0.15) is 18.4 Å². The average molecular weight is 276 g/mol. The van der Waals surface area contributed by atoms with Crippen LogP contribution in [0.5, 0.6) is 0 Å². The van der Waals surface area contributed by atoms with E-state index in [1.807, 2.05) is 0 Å². The zero-order valence-electron chi connectivity index (χ0n) is 8.78. The zero-order chi connectivity index (χ0) is 13.9. The van der Waals surface area contributed by atoms with E-state index < -0.39 is 23.2 Å². The van der Waals surface area contributed by atoms with Crippen LogP contribution < -0.4 is 5.73 Å². The molecule has 0 fully saturated rings. The molecule has 0 saturated heterocycles. The molecule has 0 heterocycles. The second-order valence-corrected chi connectivity index (χ2v) is 4.26. The minimum atomic E-state index is -4.57. The third-order valence-corrected chi connectivity index (χ3v) is 2.89. The molecule has 4 nitrogen and oxygen atoms in total. The van der Waals surface area contributed by atoms with Crippen molar-refractivity contribution >= 4 is 17.7 Å². The van der Waals surface area contributed by atoms with Crippen LogP contribution in [0.15, 0.2) is 17.0 Å². The van der Waals surface area contributed by atoms with Gasteiger partial charge in [0.2, 0.25) is 0 Å². The van der Waals surface area contributed by atoms with Crippen LogP contribution in [0.4, 0.5) is 13.2 Å². The summed E-state index contributed by atoms with van der Waals surface area (Å²) in [7, 11) is 0. The van der Waals surface area contributed by atoms with Crippen molar-refractivity contribution in [1.29, 1.82) is 5.26 Å². The topological polar surface area (TPSA) is 87.1 Å². The Morgan fingerprint density at radius 2 is 2.11 bits per heavy atom. The van der Waals surface area contributed by atoms with E-state index in [1.54, 1.807) is 6.07 Å². The molecule has 0 aromatic heterocycles. The molecule has 0 bridgehead atoms. The van der Waals surface area contributed by atoms with Crippen LogP contribution in [0, 0.1) is 11.3 Å². The van der Waals surface area contributed by atoms with Crippen molar-refractivity contribution in [2.24, 2.45) is 5.73 Å². The van der Waals surface area contributed by atoms with Gasteiger partial charge in [-0.05, 0) is 29.5 Å². The van der Waals surface area contributed by atoms with Crippen molar-refractivity contribution in [2.45, 2.75) is 16.9 Å². The van der Waals surface area contributed by atoms with Crippen molar-refractivity contribution in [1.82, 2.24) is 0 Å². The van der Waals surface area contributed by atoms with Crippen molar-refractivity contribution in [2.75, 3.05) is 0 Å². The molecule has 0 spiro atoms. The zero-order valence-corrected chi connectivity index (χ0v) is 9.60. The number of nitriles is 1. The minimum absolute atomic E-state index is 0.0197. The largest absolute Gasteiger partial charge is 0.478 e. The van der Waals surface area contributed by atoms with Crippen molar-refractivity contribution in [3.63, 3.8) is 0 Å². The maximum absolute atomic E-state index is 12.3. The third-order valence-electron chi connectivity index (χ3n) is 1.97. The normalized spacial score (nSPS) is 11.1. The van der Waals surface area contributed by atoms with Gasteiger partial charge in [-0.1, -0.05) is 0 Å². The van der Waals surface area contributed by atoms with E-state index in [1.165, 1.54) is 0 Å². The summed E-state index contributed by atoms with van der Waals surface area (Å²) in [6, 6.07) is 3.49. The van der Waals surface area contributed by atoms with Gasteiger partial charge < -0.3 is 10.8 Å². The predicted octanol–water partition coefficient (Wildman–Crippen LogP) is 2.33. The molecule has 0 saturated carbocycles. The molecule has 18 heavy (non-hydrogen) atoms. The van der Waals surface area contributed by atoms with Gasteiger partial charge in [-0.15, -0.1) is 0 Å². The first-order valence-corrected chi connectivity index (χ1v) is 5.36. The summed E-state index contributed by atoms with van der Waals surface area (Å²) >= 11 is -0.472. The number of thioether (sulfide) groups is 1. The van der Waals surface area contributed by atoms with Gasteiger partial charge in [0, 0.05) is 11.4 Å². The summed E-state index contributed by atoms with van der Waals surface area (Å²) < 4.78 is 37.0. The number of halogens is 3. The van der Waals surface area contributed by atoms with Gasteiger partial charge in [-0.25, -0.2) is 4.79 Å². The second-order valence-electron chi connectivity index (χ2n) is 3.18. The molecular formula is C10H7F3N2O2S. The second kappa shape index (κ2) is 5.29. The van der Waals surface area contributed by atoms with E-state index in [-0.39, 0.29) is 28.1 Å². The van der Waals surface area contributed by atoms with Crippen LogP contribution in [-0.4, -0.2) is 16.6 Å². The highest BCUT2D eigenvalue weighted by Gasteiger charge is 2.32. The molecule has 0 aliphatic rings. The van der Waals surface area contributed by atoms with Gasteiger partial charge in [-0.3, -0.25) is 0 Å². The lowest BCUT2D eigenvalue weighted by atomic mass is 10.1. The van der Waals surface area contributed by atoms with E-state index in [0.29, 0.717) is 0 Å². The number of carboxylic acids is 1. The lowest BCUT2D eigenvalue weighted by Gasteiger charge is -2.12. The smallest absolute Gasteiger partial charge is 0.446 e. The molecule has 3 N–H and O–H groups in total. The van der Waals surface area contributed by atoms with Crippen LogP contribution >= 0.6 is 11.8 Å². The Labute approximate surface area is 104 Å². The number of alkyl halides is 3. The molecule has 0 aliphatic heterocycles. The monoisotopic (exact) mass is 276 g/mol. The SMILES string of the molecule is N#Cc1cc(C(=O)O)cc(CN)c1SC(F)(F)F. The lowest BCUT2D eigenvalue weighted by Crippen LogP contribution is -2.08. The van der Waals surface area contributed by atoms with E-state index in [2.05, 4.69) is 0 Å². The fourth-order valence-corrected chi connectivity index (χ4v) is 2.00. The molecule has 1 rings (SSSR count). The molecule has 0 amide bonds. The van der Waals surface area contributed by atoms with Gasteiger partial charge in [0.25, 0.3) is 0 Å². The van der Waals surface area contributed by atoms with Gasteiger partial charge in [0.05, 0.1) is 11.1 Å². The number of carbonyl (C=O) groups is 1. The highest BCUT2D eigenvalue weighted by molar-refractivity contribution is 8.00. The van der Waals surface area contributed by atoms with E-state index >= 15 is 0 Å². The Kier molecular flexibility index (Phi) is 4.21. The average Bonchev–Trinajstić information content (AvgIpc) is 2.26. The molecule has 0 aliphatic carbocycles. The summed E-state index contributed by atoms with van der Waals surface area (Å²) in [6.45, 7) is -0.284. The Bertz CT molecular complexity index is 523. The Hall–Kier alpha value is -1.72. The minimum Gasteiger partial charge on any atom is -0.478 e. The summed E-state index contributed by atoms with van der Waals surface area (Å²) in [4.78, 5) is 10.4. The highest BCUT2D eigenvalue weighted by Crippen LogP contribution is 2.40. The molecule has 8 heteroatoms. The van der Waals surface area contributed by atoms with Gasteiger partial charge in [0.15, 0.2) is 0 Å². The van der Waals surface area contributed by atoms with Gasteiger partial charge >= 0.3 is 11.5 Å². The summed E-state index contributed by atoms with van der Waals surface area (Å²) in [5.74, 6) is -1.33. The quantitative estimate of drug-likeness (QED) is 0.827. The summed E-state index contributed by atoms with van der Waals surface area (Å²) in [5, 5.41) is 17.5. The van der Waals surface area contributed by atoms with E-state index in [4.69, 9.17) is 16.1 Å². The number of nitrogens with two attached hydrogens (primary N) is 1. The van der Waals surface area contributed by atoms with Crippen LogP contribution in [0.3, 0.4) is 0 Å². The van der Waals surface area contributed by atoms with Crippen LogP contribution in [0.2, 0.25) is 0 Å². The number of aromatic carboxylic acids is 1. The first kappa shape index (κ1) is 14.3. The number of carboxylic acid groups (broad SMARTS) is 1.